The molecule has 0 spiro atoms. The number of hydrogen-bond donors (Lipinski definition) is 9. The Balaban J connectivity index is 2.27. The average Bonchev–Trinajstić information content (AvgIpc) is 3.25. The molecule has 0 saturated carbocycles. The van der Waals surface area contributed by atoms with Gasteiger partial charge >= 0.3 is 5.97 Å². The number of rotatable bonds is 14. The predicted octanol–water partition coefficient (Wildman–Crippen LogP) is -2.36. The molecule has 0 saturated heterocycles. The number of carbonyl (C=O) groups is 4. The Morgan fingerprint density at radius 1 is 1.05 bits per heavy atom. The van der Waals surface area contributed by atoms with Crippen LogP contribution in [0.3, 0.4) is 0 Å². The van der Waals surface area contributed by atoms with Gasteiger partial charge in [0.15, 0.2) is 5.96 Å². The van der Waals surface area contributed by atoms with Crippen molar-refractivity contribution in [2.24, 2.45) is 22.2 Å². The SMILES string of the molecule is CC(O)C(NC(=O)CN)C(=O)NC(Cc1c[nH]c2ccccc12)C(=O)NC(CCCN=C(N)N)C(=O)O. The van der Waals surface area contributed by atoms with Crippen LogP contribution in [-0.2, 0) is 25.6 Å². The minimum Gasteiger partial charge on any atom is -0.480 e. The van der Waals surface area contributed by atoms with E-state index >= 15 is 0 Å². The van der Waals surface area contributed by atoms with E-state index in [2.05, 4.69) is 25.9 Å². The standard InChI is InChI=1S/C23H34N8O6/c1-12(32)19(31-18(33)10-24)21(35)30-17(9-13-11-28-15-6-3-2-5-14(13)15)20(34)29-16(22(36)37)7-4-8-27-23(25)26/h2-3,5-6,11-12,16-17,19,28,32H,4,7-10,24H2,1H3,(H,29,34)(H,30,35)(H,31,33)(H,36,37)(H4,25,26,27). The monoisotopic (exact) mass is 518 g/mol. The zero-order valence-corrected chi connectivity index (χ0v) is 20.4. The van der Waals surface area contributed by atoms with Crippen LogP contribution in [0.5, 0.6) is 0 Å². The third-order valence-corrected chi connectivity index (χ3v) is 5.56. The Labute approximate surface area is 213 Å². The Kier molecular flexibility index (Phi) is 10.8. The summed E-state index contributed by atoms with van der Waals surface area (Å²) in [6, 6.07) is 3.44. The Morgan fingerprint density at radius 2 is 1.73 bits per heavy atom. The summed E-state index contributed by atoms with van der Waals surface area (Å²) < 4.78 is 0. The number of nitrogens with two attached hydrogens (primary N) is 3. The van der Waals surface area contributed by atoms with E-state index in [1.165, 1.54) is 6.92 Å². The number of H-pyrrole nitrogens is 1. The molecule has 12 N–H and O–H groups in total. The van der Waals surface area contributed by atoms with Crippen molar-refractivity contribution in [1.82, 2.24) is 20.9 Å². The minimum atomic E-state index is -1.39. The topological polar surface area (TPSA) is 251 Å². The molecule has 4 unspecified atom stereocenters. The number of nitrogens with zero attached hydrogens (tertiary/aromatic N) is 1. The molecule has 4 atom stereocenters. The largest absolute Gasteiger partial charge is 0.480 e. The van der Waals surface area contributed by atoms with E-state index in [9.17, 15) is 29.4 Å². The number of fused-ring (bicyclic) bond motifs is 1. The first kappa shape index (κ1) is 29.1. The molecular formula is C23H34N8O6. The van der Waals surface area contributed by atoms with Crippen LogP contribution in [0.1, 0.15) is 25.3 Å². The molecular weight excluding hydrogens is 484 g/mol. The highest BCUT2D eigenvalue weighted by molar-refractivity contribution is 5.94. The summed E-state index contributed by atoms with van der Waals surface area (Å²) in [4.78, 5) is 56.6. The summed E-state index contributed by atoms with van der Waals surface area (Å²) in [7, 11) is 0. The van der Waals surface area contributed by atoms with Crippen molar-refractivity contribution in [2.75, 3.05) is 13.1 Å². The van der Waals surface area contributed by atoms with Crippen LogP contribution in [-0.4, -0.2) is 82.2 Å². The van der Waals surface area contributed by atoms with Crippen molar-refractivity contribution in [3.63, 3.8) is 0 Å². The van der Waals surface area contributed by atoms with Gasteiger partial charge in [0.2, 0.25) is 17.7 Å². The summed E-state index contributed by atoms with van der Waals surface area (Å²) in [6.45, 7) is 1.07. The molecule has 1 aromatic carbocycles. The number of guanidine groups is 1. The van der Waals surface area contributed by atoms with E-state index in [0.717, 1.165) is 10.9 Å². The molecule has 2 rings (SSSR count). The number of carboxylic acid groups (broad SMARTS) is 1. The van der Waals surface area contributed by atoms with Gasteiger partial charge in [-0.25, -0.2) is 4.79 Å². The molecule has 0 bridgehead atoms. The molecule has 14 nitrogen and oxygen atoms in total. The van der Waals surface area contributed by atoms with Crippen molar-refractivity contribution in [1.29, 1.82) is 0 Å². The third kappa shape index (κ3) is 8.77. The quantitative estimate of drug-likeness (QED) is 0.0735. The van der Waals surface area contributed by atoms with E-state index in [-0.39, 0.29) is 31.8 Å². The number of carboxylic acids is 1. The molecule has 1 aromatic heterocycles. The molecule has 0 fully saturated rings. The number of aromatic amines is 1. The second-order valence-electron chi connectivity index (χ2n) is 8.46. The number of aliphatic hydroxyl groups excluding tert-OH is 1. The molecule has 0 aliphatic carbocycles. The fraction of sp³-hybridized carbons (Fsp3) is 0.435. The molecule has 0 aliphatic rings. The lowest BCUT2D eigenvalue weighted by molar-refractivity contribution is -0.142. The van der Waals surface area contributed by atoms with Crippen molar-refractivity contribution in [3.05, 3.63) is 36.0 Å². The highest BCUT2D eigenvalue weighted by Crippen LogP contribution is 2.19. The third-order valence-electron chi connectivity index (χ3n) is 5.56. The van der Waals surface area contributed by atoms with E-state index < -0.39 is 54.5 Å². The first-order valence-electron chi connectivity index (χ1n) is 11.6. The number of aliphatic carboxylic acids is 1. The molecule has 1 heterocycles. The number of aliphatic imine (C=N–C) groups is 1. The van der Waals surface area contributed by atoms with Gasteiger partial charge in [-0.1, -0.05) is 18.2 Å². The average molecular weight is 519 g/mol. The minimum absolute atomic E-state index is 0.000703. The number of hydrogen-bond acceptors (Lipinski definition) is 7. The van der Waals surface area contributed by atoms with E-state index in [4.69, 9.17) is 17.2 Å². The summed E-state index contributed by atoms with van der Waals surface area (Å²) in [5.74, 6) is -3.68. The Hall–Kier alpha value is -4.17. The van der Waals surface area contributed by atoms with Crippen LogP contribution in [0.4, 0.5) is 0 Å². The smallest absolute Gasteiger partial charge is 0.326 e. The highest BCUT2D eigenvalue weighted by atomic mass is 16.4. The van der Waals surface area contributed by atoms with E-state index in [1.54, 1.807) is 6.20 Å². The van der Waals surface area contributed by atoms with Gasteiger partial charge in [-0.2, -0.15) is 0 Å². The lowest BCUT2D eigenvalue weighted by Crippen LogP contribution is -2.59. The highest BCUT2D eigenvalue weighted by Gasteiger charge is 2.32. The van der Waals surface area contributed by atoms with Gasteiger partial charge in [0.25, 0.3) is 0 Å². The molecule has 37 heavy (non-hydrogen) atoms. The van der Waals surface area contributed by atoms with Gasteiger partial charge in [0.05, 0.1) is 12.6 Å². The zero-order valence-electron chi connectivity index (χ0n) is 20.4. The maximum absolute atomic E-state index is 13.2. The molecule has 0 radical (unpaired) electrons. The normalized spacial score (nSPS) is 14.1. The van der Waals surface area contributed by atoms with Crippen molar-refractivity contribution >= 4 is 40.6 Å². The number of para-hydroxylation sites is 1. The van der Waals surface area contributed by atoms with Crippen molar-refractivity contribution in [3.8, 4) is 0 Å². The lowest BCUT2D eigenvalue weighted by Gasteiger charge is -2.25. The number of aliphatic hydroxyl groups is 1. The first-order chi connectivity index (χ1) is 17.5. The van der Waals surface area contributed by atoms with Gasteiger partial charge in [0, 0.05) is 30.1 Å². The Bertz CT molecular complexity index is 1130. The van der Waals surface area contributed by atoms with Crippen LogP contribution >= 0.6 is 0 Å². The summed E-state index contributed by atoms with van der Waals surface area (Å²) in [5, 5.41) is 27.7. The van der Waals surface area contributed by atoms with Crippen LogP contribution in [0.25, 0.3) is 10.9 Å². The van der Waals surface area contributed by atoms with Crippen LogP contribution in [0.2, 0.25) is 0 Å². The maximum atomic E-state index is 13.2. The number of carbonyl (C=O) groups excluding carboxylic acids is 3. The van der Waals surface area contributed by atoms with Gasteiger partial charge in [-0.05, 0) is 31.4 Å². The Morgan fingerprint density at radius 3 is 2.35 bits per heavy atom. The molecule has 202 valence electrons. The van der Waals surface area contributed by atoms with Crippen LogP contribution < -0.4 is 33.2 Å². The number of aromatic nitrogens is 1. The fourth-order valence-electron chi connectivity index (χ4n) is 3.66. The van der Waals surface area contributed by atoms with Gasteiger partial charge in [-0.3, -0.25) is 19.4 Å². The summed E-state index contributed by atoms with van der Waals surface area (Å²) in [6.07, 6.45) is 0.704. The molecule has 3 amide bonds. The predicted molar refractivity (Wildman–Crippen MR) is 136 cm³/mol. The fourth-order valence-corrected chi connectivity index (χ4v) is 3.66. The van der Waals surface area contributed by atoms with Crippen molar-refractivity contribution in [2.45, 2.75) is 50.4 Å². The van der Waals surface area contributed by atoms with Crippen LogP contribution in [0.15, 0.2) is 35.5 Å². The summed E-state index contributed by atoms with van der Waals surface area (Å²) in [5.41, 5.74) is 17.3. The second kappa shape index (κ2) is 13.8. The van der Waals surface area contributed by atoms with Crippen LogP contribution in [0, 0.1) is 0 Å². The van der Waals surface area contributed by atoms with E-state index in [0.29, 0.717) is 5.56 Å². The van der Waals surface area contributed by atoms with Gasteiger partial charge in [0.1, 0.15) is 18.1 Å². The number of nitrogens with one attached hydrogen (secondary N) is 4. The first-order valence-corrected chi connectivity index (χ1v) is 11.6. The second-order valence-corrected chi connectivity index (χ2v) is 8.46. The zero-order chi connectivity index (χ0) is 27.5. The van der Waals surface area contributed by atoms with E-state index in [1.807, 2.05) is 24.3 Å². The molecule has 2 aromatic rings. The maximum Gasteiger partial charge on any atom is 0.326 e. The lowest BCUT2D eigenvalue weighted by atomic mass is 10.0. The molecule has 0 aliphatic heterocycles. The number of amides is 3. The van der Waals surface area contributed by atoms with Gasteiger partial charge < -0.3 is 48.3 Å². The van der Waals surface area contributed by atoms with Gasteiger partial charge in [-0.15, -0.1) is 0 Å². The summed E-state index contributed by atoms with van der Waals surface area (Å²) >= 11 is 0. The van der Waals surface area contributed by atoms with Crippen molar-refractivity contribution < 1.29 is 29.4 Å². The molecule has 14 heteroatoms. The number of benzene rings is 1.